The fraction of sp³-hybridized carbons (Fsp3) is 0.125. The van der Waals surface area contributed by atoms with E-state index in [1.165, 1.54) is 0 Å². The molecule has 1 aliphatic heterocycles. The first-order chi connectivity index (χ1) is 18.0. The third-order valence-electron chi connectivity index (χ3n) is 7.60. The number of hydrogen-bond acceptors (Lipinski definition) is 3. The zero-order valence-corrected chi connectivity index (χ0v) is 20.0. The Balaban J connectivity index is 1.68. The Morgan fingerprint density at radius 2 is 1.24 bits per heavy atom. The zero-order valence-electron chi connectivity index (χ0n) is 20.0. The predicted molar refractivity (Wildman–Crippen MR) is 142 cm³/mol. The van der Waals surface area contributed by atoms with E-state index in [-0.39, 0.29) is 6.42 Å². The molecule has 1 atom stereocenters. The molecule has 2 N–H and O–H groups in total. The lowest BCUT2D eigenvalue weighted by Gasteiger charge is -2.44. The molecule has 2 aliphatic rings. The SMILES string of the molecule is O=C(O)CC1=C(c2ccccc2)CN(C2(c3ccccc3)c3ccccc3-c3ccccc32)[C@@H]1C(=O)O. The van der Waals surface area contributed by atoms with E-state index in [4.69, 9.17) is 0 Å². The van der Waals surface area contributed by atoms with Gasteiger partial charge in [-0.05, 0) is 44.5 Å². The molecule has 4 aromatic rings. The van der Waals surface area contributed by atoms with Gasteiger partial charge in [-0.25, -0.2) is 0 Å². The van der Waals surface area contributed by atoms with Gasteiger partial charge < -0.3 is 10.2 Å². The second-order valence-electron chi connectivity index (χ2n) is 9.48. The first-order valence-electron chi connectivity index (χ1n) is 12.3. The van der Waals surface area contributed by atoms with E-state index in [1.807, 2.05) is 89.8 Å². The molecule has 0 saturated carbocycles. The van der Waals surface area contributed by atoms with Crippen molar-refractivity contribution in [3.8, 4) is 11.1 Å². The van der Waals surface area contributed by atoms with Gasteiger partial charge in [-0.2, -0.15) is 0 Å². The normalized spacial score (nSPS) is 17.9. The van der Waals surface area contributed by atoms with Gasteiger partial charge in [0.2, 0.25) is 0 Å². The first kappa shape index (κ1) is 23.0. The highest BCUT2D eigenvalue weighted by Gasteiger charge is 2.55. The number of nitrogens with zero attached hydrogens (tertiary/aromatic N) is 1. The molecule has 0 spiro atoms. The highest BCUT2D eigenvalue weighted by Crippen LogP contribution is 2.57. The number of hydrogen-bond donors (Lipinski definition) is 2. The van der Waals surface area contributed by atoms with Crippen LogP contribution in [0.25, 0.3) is 16.7 Å². The van der Waals surface area contributed by atoms with Crippen molar-refractivity contribution in [1.82, 2.24) is 4.90 Å². The molecule has 0 unspecified atom stereocenters. The van der Waals surface area contributed by atoms with Gasteiger partial charge in [0, 0.05) is 6.54 Å². The molecule has 182 valence electrons. The number of aliphatic carboxylic acids is 2. The topological polar surface area (TPSA) is 77.8 Å². The van der Waals surface area contributed by atoms with Crippen molar-refractivity contribution in [2.75, 3.05) is 6.54 Å². The number of carboxylic acid groups (broad SMARTS) is 2. The van der Waals surface area contributed by atoms with Crippen LogP contribution in [0.2, 0.25) is 0 Å². The Kier molecular flexibility index (Phi) is 5.50. The highest BCUT2D eigenvalue weighted by molar-refractivity contribution is 5.92. The number of fused-ring (bicyclic) bond motifs is 3. The Morgan fingerprint density at radius 3 is 1.78 bits per heavy atom. The smallest absolute Gasteiger partial charge is 0.325 e. The predicted octanol–water partition coefficient (Wildman–Crippen LogP) is 5.66. The average Bonchev–Trinajstić information content (AvgIpc) is 3.44. The molecule has 6 rings (SSSR count). The maximum absolute atomic E-state index is 13.1. The van der Waals surface area contributed by atoms with Gasteiger partial charge in [-0.3, -0.25) is 14.5 Å². The molecule has 4 aromatic carbocycles. The molecule has 0 saturated heterocycles. The minimum Gasteiger partial charge on any atom is -0.481 e. The fourth-order valence-corrected chi connectivity index (χ4v) is 6.27. The van der Waals surface area contributed by atoms with E-state index in [9.17, 15) is 19.8 Å². The molecule has 0 aromatic heterocycles. The lowest BCUT2D eigenvalue weighted by Crippen LogP contribution is -2.53. The molecule has 5 heteroatoms. The van der Waals surface area contributed by atoms with Crippen LogP contribution >= 0.6 is 0 Å². The maximum atomic E-state index is 13.1. The van der Waals surface area contributed by atoms with Crippen LogP contribution in [0.15, 0.2) is 115 Å². The van der Waals surface area contributed by atoms with E-state index < -0.39 is 23.5 Å². The summed E-state index contributed by atoms with van der Waals surface area (Å²) < 4.78 is 0. The van der Waals surface area contributed by atoms with E-state index >= 15 is 0 Å². The summed E-state index contributed by atoms with van der Waals surface area (Å²) >= 11 is 0. The lowest BCUT2D eigenvalue weighted by atomic mass is 9.78. The van der Waals surface area contributed by atoms with E-state index in [0.717, 1.165) is 39.0 Å². The van der Waals surface area contributed by atoms with E-state index in [0.29, 0.717) is 12.1 Å². The second kappa shape index (κ2) is 8.87. The zero-order chi connectivity index (χ0) is 25.6. The van der Waals surface area contributed by atoms with Crippen molar-refractivity contribution in [3.63, 3.8) is 0 Å². The van der Waals surface area contributed by atoms with Crippen molar-refractivity contribution in [1.29, 1.82) is 0 Å². The standard InChI is InChI=1S/C32H25NO4/c34-29(35)19-25-26(21-11-3-1-4-12-21)20-33(30(25)31(36)37)32(22-13-5-2-6-14-22)27-17-9-7-15-23(27)24-16-8-10-18-28(24)32/h1-18,30H,19-20H2,(H,34,35)(H,36,37)/t30-/m0/s1. The average molecular weight is 488 g/mol. The highest BCUT2D eigenvalue weighted by atomic mass is 16.4. The summed E-state index contributed by atoms with van der Waals surface area (Å²) in [6, 6.07) is 34.6. The summed E-state index contributed by atoms with van der Waals surface area (Å²) in [7, 11) is 0. The van der Waals surface area contributed by atoms with Gasteiger partial charge in [0.15, 0.2) is 0 Å². The van der Waals surface area contributed by atoms with Crippen molar-refractivity contribution in [2.24, 2.45) is 0 Å². The summed E-state index contributed by atoms with van der Waals surface area (Å²) in [4.78, 5) is 27.1. The number of rotatable bonds is 6. The summed E-state index contributed by atoms with van der Waals surface area (Å²) in [6.45, 7) is 0.293. The van der Waals surface area contributed by atoms with Crippen LogP contribution in [0.1, 0.15) is 28.7 Å². The third kappa shape index (κ3) is 3.43. The molecule has 0 bridgehead atoms. The molecular weight excluding hydrogens is 462 g/mol. The Morgan fingerprint density at radius 1 is 0.730 bits per heavy atom. The monoisotopic (exact) mass is 487 g/mol. The molecule has 0 fully saturated rings. The molecule has 1 heterocycles. The summed E-state index contributed by atoms with van der Waals surface area (Å²) in [5.74, 6) is -2.10. The Bertz CT molecular complexity index is 1500. The van der Waals surface area contributed by atoms with Gasteiger partial charge >= 0.3 is 11.9 Å². The second-order valence-corrected chi connectivity index (χ2v) is 9.48. The van der Waals surface area contributed by atoms with Crippen LogP contribution in [0.4, 0.5) is 0 Å². The van der Waals surface area contributed by atoms with Crippen molar-refractivity contribution in [3.05, 3.63) is 137 Å². The third-order valence-corrected chi connectivity index (χ3v) is 7.60. The van der Waals surface area contributed by atoms with Gasteiger partial charge in [-0.1, -0.05) is 109 Å². The van der Waals surface area contributed by atoms with Gasteiger partial charge in [0.05, 0.1) is 12.0 Å². The van der Waals surface area contributed by atoms with Crippen LogP contribution < -0.4 is 0 Å². The van der Waals surface area contributed by atoms with E-state index in [2.05, 4.69) is 24.3 Å². The molecule has 0 radical (unpaired) electrons. The summed E-state index contributed by atoms with van der Waals surface area (Å²) in [6.07, 6.45) is -0.341. The number of carbonyl (C=O) groups is 2. The van der Waals surface area contributed by atoms with Gasteiger partial charge in [0.25, 0.3) is 0 Å². The minimum atomic E-state index is -1.12. The quantitative estimate of drug-likeness (QED) is 0.367. The Hall–Kier alpha value is -4.48. The van der Waals surface area contributed by atoms with Crippen molar-refractivity contribution in [2.45, 2.75) is 18.0 Å². The fourth-order valence-electron chi connectivity index (χ4n) is 6.27. The maximum Gasteiger partial charge on any atom is 0.325 e. The summed E-state index contributed by atoms with van der Waals surface area (Å²) in [5, 5.41) is 20.5. The largest absolute Gasteiger partial charge is 0.481 e. The minimum absolute atomic E-state index is 0.293. The van der Waals surface area contributed by atoms with Crippen molar-refractivity contribution < 1.29 is 19.8 Å². The summed E-state index contributed by atoms with van der Waals surface area (Å²) in [5.41, 5.74) is 6.15. The van der Waals surface area contributed by atoms with E-state index in [1.54, 1.807) is 0 Å². The molecule has 37 heavy (non-hydrogen) atoms. The van der Waals surface area contributed by atoms with Crippen LogP contribution in [0.3, 0.4) is 0 Å². The molecule has 5 nitrogen and oxygen atoms in total. The van der Waals surface area contributed by atoms with Crippen LogP contribution in [0.5, 0.6) is 0 Å². The Labute approximate surface area is 214 Å². The number of carboxylic acids is 2. The van der Waals surface area contributed by atoms with Crippen LogP contribution in [-0.4, -0.2) is 39.6 Å². The van der Waals surface area contributed by atoms with Gasteiger partial charge in [-0.15, -0.1) is 0 Å². The van der Waals surface area contributed by atoms with Crippen LogP contribution in [-0.2, 0) is 15.1 Å². The first-order valence-corrected chi connectivity index (χ1v) is 12.3. The molecule has 1 aliphatic carbocycles. The lowest BCUT2D eigenvalue weighted by molar-refractivity contribution is -0.142. The van der Waals surface area contributed by atoms with Crippen LogP contribution in [0, 0.1) is 0 Å². The van der Waals surface area contributed by atoms with Gasteiger partial charge in [0.1, 0.15) is 6.04 Å². The van der Waals surface area contributed by atoms with Crippen molar-refractivity contribution >= 4 is 17.5 Å². The number of benzene rings is 4. The molecular formula is C32H25NO4. The molecule has 0 amide bonds.